The summed E-state index contributed by atoms with van der Waals surface area (Å²) in [6.07, 6.45) is 4.15. The molecular weight excluding hydrogens is 272 g/mol. The molecule has 1 aromatic carbocycles. The summed E-state index contributed by atoms with van der Waals surface area (Å²) in [6.45, 7) is 3.50. The van der Waals surface area contributed by atoms with E-state index in [1.54, 1.807) is 12.1 Å². The van der Waals surface area contributed by atoms with Crippen LogP contribution in [0.3, 0.4) is 0 Å². The summed E-state index contributed by atoms with van der Waals surface area (Å²) in [7, 11) is 0. The number of rotatable bonds is 2. The SMILES string of the molecule is C1=C(N2CCOCC2)NSN1c1cccc2[nH]ccc12. The minimum Gasteiger partial charge on any atom is -0.378 e. The van der Waals surface area contributed by atoms with Crippen molar-refractivity contribution in [1.82, 2.24) is 14.6 Å². The van der Waals surface area contributed by atoms with Gasteiger partial charge in [-0.25, -0.2) is 0 Å². The van der Waals surface area contributed by atoms with Gasteiger partial charge in [0.2, 0.25) is 0 Å². The highest BCUT2D eigenvalue weighted by atomic mass is 32.2. The molecule has 2 N–H and O–H groups in total. The topological polar surface area (TPSA) is 43.5 Å². The molecule has 0 saturated carbocycles. The van der Waals surface area contributed by atoms with Crippen molar-refractivity contribution in [3.63, 3.8) is 0 Å². The van der Waals surface area contributed by atoms with Gasteiger partial charge < -0.3 is 14.6 Å². The molecule has 0 spiro atoms. The molecule has 2 aliphatic heterocycles. The van der Waals surface area contributed by atoms with Crippen molar-refractivity contribution in [2.24, 2.45) is 0 Å². The first kappa shape index (κ1) is 12.0. The van der Waals surface area contributed by atoms with Crippen LogP contribution in [0.15, 0.2) is 42.5 Å². The van der Waals surface area contributed by atoms with Gasteiger partial charge in [-0.3, -0.25) is 9.03 Å². The Hall–Kier alpha value is -1.79. The Bertz CT molecular complexity index is 647. The van der Waals surface area contributed by atoms with E-state index in [1.165, 1.54) is 11.1 Å². The van der Waals surface area contributed by atoms with E-state index < -0.39 is 0 Å². The van der Waals surface area contributed by atoms with Crippen molar-refractivity contribution in [1.29, 1.82) is 0 Å². The molecule has 2 aromatic rings. The molecular formula is C14H16N4OS. The van der Waals surface area contributed by atoms with Gasteiger partial charge in [-0.05, 0) is 18.2 Å². The van der Waals surface area contributed by atoms with E-state index in [0.717, 1.165) is 37.6 Å². The number of aromatic nitrogens is 1. The van der Waals surface area contributed by atoms with Crippen LogP contribution in [0.2, 0.25) is 0 Å². The van der Waals surface area contributed by atoms with Crippen LogP contribution >= 0.6 is 12.1 Å². The molecule has 0 atom stereocenters. The van der Waals surface area contributed by atoms with Gasteiger partial charge >= 0.3 is 0 Å². The van der Waals surface area contributed by atoms with E-state index in [-0.39, 0.29) is 0 Å². The van der Waals surface area contributed by atoms with Crippen LogP contribution in [0.1, 0.15) is 0 Å². The van der Waals surface area contributed by atoms with Gasteiger partial charge in [0, 0.05) is 30.2 Å². The molecule has 2 aliphatic rings. The molecule has 0 unspecified atom stereocenters. The van der Waals surface area contributed by atoms with Gasteiger partial charge in [-0.15, -0.1) is 0 Å². The Balaban J connectivity index is 1.63. The fraction of sp³-hybridized carbons (Fsp3) is 0.286. The Morgan fingerprint density at radius 1 is 1.15 bits per heavy atom. The Morgan fingerprint density at radius 2 is 2.05 bits per heavy atom. The number of morpholine rings is 1. The Labute approximate surface area is 121 Å². The zero-order valence-electron chi connectivity index (χ0n) is 11.0. The second kappa shape index (κ2) is 4.96. The highest BCUT2D eigenvalue weighted by Gasteiger charge is 2.22. The monoisotopic (exact) mass is 288 g/mol. The van der Waals surface area contributed by atoms with Crippen molar-refractivity contribution in [2.45, 2.75) is 0 Å². The summed E-state index contributed by atoms with van der Waals surface area (Å²) in [5.74, 6) is 1.16. The molecule has 4 rings (SSSR count). The third-order valence-electron chi connectivity index (χ3n) is 3.65. The predicted octanol–water partition coefficient (Wildman–Crippen LogP) is 2.27. The standard InChI is InChI=1S/C14H16N4OS/c1-2-12-11(4-5-15-12)13(3-1)18-10-14(16-20-18)17-6-8-19-9-7-17/h1-5,10,15-16H,6-9H2. The van der Waals surface area contributed by atoms with Gasteiger partial charge in [-0.1, -0.05) is 6.07 Å². The normalized spacial score (nSPS) is 19.3. The lowest BCUT2D eigenvalue weighted by Gasteiger charge is -2.28. The summed E-state index contributed by atoms with van der Waals surface area (Å²) in [6, 6.07) is 8.43. The largest absolute Gasteiger partial charge is 0.378 e. The number of nitrogens with zero attached hydrogens (tertiary/aromatic N) is 2. The summed E-state index contributed by atoms with van der Waals surface area (Å²) >= 11 is 1.61. The highest BCUT2D eigenvalue weighted by Crippen LogP contribution is 2.33. The quantitative estimate of drug-likeness (QED) is 0.830. The smallest absolute Gasteiger partial charge is 0.131 e. The Kier molecular flexibility index (Phi) is 2.97. The number of fused-ring (bicyclic) bond motifs is 1. The van der Waals surface area contributed by atoms with Gasteiger partial charge in [0.1, 0.15) is 5.82 Å². The molecule has 20 heavy (non-hydrogen) atoms. The van der Waals surface area contributed by atoms with E-state index in [9.17, 15) is 0 Å². The summed E-state index contributed by atoms with van der Waals surface area (Å²) < 4.78 is 11.0. The van der Waals surface area contributed by atoms with Crippen LogP contribution in [0.25, 0.3) is 10.9 Å². The molecule has 1 aromatic heterocycles. The number of aromatic amines is 1. The van der Waals surface area contributed by atoms with E-state index in [4.69, 9.17) is 4.74 Å². The van der Waals surface area contributed by atoms with E-state index in [0.29, 0.717) is 0 Å². The van der Waals surface area contributed by atoms with Crippen LogP contribution in [0.5, 0.6) is 0 Å². The lowest BCUT2D eigenvalue weighted by atomic mass is 10.2. The molecule has 0 amide bonds. The molecule has 6 heteroatoms. The molecule has 0 aliphatic carbocycles. The van der Waals surface area contributed by atoms with Gasteiger partial charge in [0.05, 0.1) is 37.2 Å². The lowest BCUT2D eigenvalue weighted by Crippen LogP contribution is -2.37. The van der Waals surface area contributed by atoms with Gasteiger partial charge in [-0.2, -0.15) is 0 Å². The number of hydrogen-bond acceptors (Lipinski definition) is 5. The third kappa shape index (κ3) is 2.01. The average molecular weight is 288 g/mol. The zero-order chi connectivity index (χ0) is 13.4. The molecule has 104 valence electrons. The fourth-order valence-electron chi connectivity index (χ4n) is 2.59. The fourth-order valence-corrected chi connectivity index (χ4v) is 3.37. The van der Waals surface area contributed by atoms with Crippen molar-refractivity contribution < 1.29 is 4.74 Å². The zero-order valence-corrected chi connectivity index (χ0v) is 11.8. The molecule has 5 nitrogen and oxygen atoms in total. The second-order valence-electron chi connectivity index (χ2n) is 4.85. The van der Waals surface area contributed by atoms with E-state index in [2.05, 4.69) is 49.4 Å². The number of ether oxygens (including phenoxy) is 1. The van der Waals surface area contributed by atoms with Gasteiger partial charge in [0.15, 0.2) is 0 Å². The minimum absolute atomic E-state index is 0.803. The van der Waals surface area contributed by atoms with Gasteiger partial charge in [0.25, 0.3) is 0 Å². The van der Waals surface area contributed by atoms with Crippen molar-refractivity contribution in [3.05, 3.63) is 42.5 Å². The number of benzene rings is 1. The molecule has 3 heterocycles. The van der Waals surface area contributed by atoms with Crippen LogP contribution in [-0.4, -0.2) is 36.2 Å². The van der Waals surface area contributed by atoms with E-state index in [1.807, 2.05) is 6.20 Å². The van der Waals surface area contributed by atoms with Crippen molar-refractivity contribution >= 4 is 28.7 Å². The lowest BCUT2D eigenvalue weighted by molar-refractivity contribution is 0.0522. The maximum Gasteiger partial charge on any atom is 0.131 e. The molecule has 1 saturated heterocycles. The predicted molar refractivity (Wildman–Crippen MR) is 82.0 cm³/mol. The second-order valence-corrected chi connectivity index (χ2v) is 5.63. The van der Waals surface area contributed by atoms with Crippen LogP contribution in [-0.2, 0) is 4.74 Å². The summed E-state index contributed by atoms with van der Waals surface area (Å²) in [5, 5.41) is 1.24. The highest BCUT2D eigenvalue weighted by molar-refractivity contribution is 7.99. The maximum absolute atomic E-state index is 5.40. The van der Waals surface area contributed by atoms with Crippen LogP contribution in [0.4, 0.5) is 5.69 Å². The number of nitrogens with one attached hydrogen (secondary N) is 2. The summed E-state index contributed by atoms with van der Waals surface area (Å²) in [4.78, 5) is 5.58. The van der Waals surface area contributed by atoms with E-state index >= 15 is 0 Å². The maximum atomic E-state index is 5.40. The first-order chi connectivity index (χ1) is 9.92. The van der Waals surface area contributed by atoms with Crippen molar-refractivity contribution in [2.75, 3.05) is 30.6 Å². The van der Waals surface area contributed by atoms with Crippen LogP contribution < -0.4 is 9.03 Å². The summed E-state index contributed by atoms with van der Waals surface area (Å²) in [5.41, 5.74) is 2.36. The third-order valence-corrected chi connectivity index (χ3v) is 4.45. The molecule has 0 bridgehead atoms. The molecule has 0 radical (unpaired) electrons. The van der Waals surface area contributed by atoms with Crippen LogP contribution in [0, 0.1) is 0 Å². The van der Waals surface area contributed by atoms with Crippen molar-refractivity contribution in [3.8, 4) is 0 Å². The average Bonchev–Trinajstić information content (AvgIpc) is 3.17. The number of anilines is 1. The Morgan fingerprint density at radius 3 is 2.95 bits per heavy atom. The first-order valence-corrected chi connectivity index (χ1v) is 7.52. The number of H-pyrrole nitrogens is 1. The number of hydrogen-bond donors (Lipinski definition) is 2. The minimum atomic E-state index is 0.803. The first-order valence-electron chi connectivity index (χ1n) is 6.75. The molecule has 1 fully saturated rings.